The first-order valence-electron chi connectivity index (χ1n) is 8.10. The van der Waals surface area contributed by atoms with Gasteiger partial charge in [-0.15, -0.1) is 0 Å². The number of amides is 2. The molecule has 2 amide bonds. The molecule has 1 aliphatic rings. The van der Waals surface area contributed by atoms with Gasteiger partial charge in [0.05, 0.1) is 27.2 Å². The zero-order valence-corrected chi connectivity index (χ0v) is 17.2. The molecule has 148 valence electrons. The van der Waals surface area contributed by atoms with Crippen LogP contribution >= 0.6 is 23.2 Å². The van der Waals surface area contributed by atoms with E-state index in [2.05, 4.69) is 10.9 Å². The second kappa shape index (κ2) is 8.27. The third-order valence-electron chi connectivity index (χ3n) is 4.72. The van der Waals surface area contributed by atoms with Crippen LogP contribution < -0.4 is 25.1 Å². The highest BCUT2D eigenvalue weighted by atomic mass is 35.5. The van der Waals surface area contributed by atoms with Crippen LogP contribution in [-0.2, 0) is 4.79 Å². The van der Waals surface area contributed by atoms with E-state index >= 15 is 0 Å². The minimum Gasteiger partial charge on any atom is -0.493 e. The second-order valence-electron chi connectivity index (χ2n) is 6.64. The molecular formula is C18H22Cl2N2O5. The fourth-order valence-electron chi connectivity index (χ4n) is 3.11. The van der Waals surface area contributed by atoms with Gasteiger partial charge in [-0.2, -0.15) is 0 Å². The Kier molecular flexibility index (Phi) is 6.49. The smallest absolute Gasteiger partial charge is 0.269 e. The lowest BCUT2D eigenvalue weighted by Gasteiger charge is -2.14. The van der Waals surface area contributed by atoms with E-state index in [4.69, 9.17) is 37.4 Å². The van der Waals surface area contributed by atoms with E-state index < -0.39 is 5.91 Å². The van der Waals surface area contributed by atoms with Crippen LogP contribution in [0.3, 0.4) is 0 Å². The quantitative estimate of drug-likeness (QED) is 0.695. The highest BCUT2D eigenvalue weighted by Gasteiger charge is 2.60. The van der Waals surface area contributed by atoms with Crippen LogP contribution in [0, 0.1) is 17.3 Å². The van der Waals surface area contributed by atoms with Crippen LogP contribution in [0.15, 0.2) is 22.7 Å². The summed E-state index contributed by atoms with van der Waals surface area (Å²) in [7, 11) is 4.37. The van der Waals surface area contributed by atoms with Gasteiger partial charge in [-0.1, -0.05) is 37.0 Å². The second-order valence-corrected chi connectivity index (χ2v) is 7.65. The van der Waals surface area contributed by atoms with Crippen LogP contribution in [0.4, 0.5) is 0 Å². The molecule has 2 N–H and O–H groups in total. The van der Waals surface area contributed by atoms with Gasteiger partial charge >= 0.3 is 0 Å². The van der Waals surface area contributed by atoms with Crippen molar-refractivity contribution < 1.29 is 23.8 Å². The molecule has 0 radical (unpaired) electrons. The number of benzene rings is 1. The molecule has 0 saturated heterocycles. The molecule has 9 heteroatoms. The number of halogens is 2. The molecule has 0 bridgehead atoms. The topological polar surface area (TPSA) is 85.9 Å². The molecule has 2 rings (SSSR count). The monoisotopic (exact) mass is 416 g/mol. The molecule has 1 fully saturated rings. The first-order chi connectivity index (χ1) is 12.7. The molecule has 27 heavy (non-hydrogen) atoms. The zero-order valence-electron chi connectivity index (χ0n) is 15.7. The number of carbonyl (C=O) groups excluding carboxylic acids is 2. The molecule has 1 saturated carbocycles. The maximum Gasteiger partial charge on any atom is 0.269 e. The number of rotatable bonds is 6. The maximum atomic E-state index is 12.4. The lowest BCUT2D eigenvalue weighted by Crippen LogP contribution is -2.43. The minimum absolute atomic E-state index is 0.0967. The predicted molar refractivity (Wildman–Crippen MR) is 102 cm³/mol. The van der Waals surface area contributed by atoms with Crippen molar-refractivity contribution in [3.63, 3.8) is 0 Å². The molecule has 7 nitrogen and oxygen atoms in total. The average molecular weight is 417 g/mol. The van der Waals surface area contributed by atoms with Crippen molar-refractivity contribution in [3.05, 3.63) is 28.3 Å². The number of carbonyl (C=O) groups is 2. The van der Waals surface area contributed by atoms with Gasteiger partial charge in [0.2, 0.25) is 11.7 Å². The van der Waals surface area contributed by atoms with Crippen molar-refractivity contribution in [2.24, 2.45) is 17.3 Å². The van der Waals surface area contributed by atoms with Gasteiger partial charge in [0.15, 0.2) is 11.5 Å². The number of allylic oxidation sites excluding steroid dienone is 1. The molecule has 1 aromatic rings. The van der Waals surface area contributed by atoms with Crippen LogP contribution in [0.2, 0.25) is 0 Å². The number of hydrogen-bond donors (Lipinski definition) is 2. The number of ether oxygens (including phenoxy) is 3. The van der Waals surface area contributed by atoms with E-state index in [1.165, 1.54) is 33.5 Å². The Labute approximate surface area is 167 Å². The Morgan fingerprint density at radius 2 is 1.59 bits per heavy atom. The lowest BCUT2D eigenvalue weighted by atomic mass is 10.1. The van der Waals surface area contributed by atoms with Crippen molar-refractivity contribution in [1.82, 2.24) is 10.9 Å². The van der Waals surface area contributed by atoms with Crippen molar-refractivity contribution >= 4 is 35.0 Å². The van der Waals surface area contributed by atoms with Gasteiger partial charge in [0, 0.05) is 5.56 Å². The van der Waals surface area contributed by atoms with Gasteiger partial charge in [-0.25, -0.2) is 0 Å². The molecule has 1 aliphatic carbocycles. The van der Waals surface area contributed by atoms with E-state index in [9.17, 15) is 9.59 Å². The molecule has 0 heterocycles. The normalized spacial score (nSPS) is 19.5. The largest absolute Gasteiger partial charge is 0.493 e. The Bertz CT molecular complexity index is 750. The Hall–Kier alpha value is -2.12. The fraction of sp³-hybridized carbons (Fsp3) is 0.444. The summed E-state index contributed by atoms with van der Waals surface area (Å²) in [5.74, 6) is -0.254. The van der Waals surface area contributed by atoms with Gasteiger partial charge in [-0.3, -0.25) is 20.4 Å². The van der Waals surface area contributed by atoms with Gasteiger partial charge in [0.25, 0.3) is 5.91 Å². The van der Waals surface area contributed by atoms with E-state index in [1.807, 2.05) is 13.8 Å². The van der Waals surface area contributed by atoms with Gasteiger partial charge < -0.3 is 14.2 Å². The van der Waals surface area contributed by atoms with Crippen molar-refractivity contribution in [1.29, 1.82) is 0 Å². The van der Waals surface area contributed by atoms with E-state index in [0.717, 1.165) is 0 Å². The summed E-state index contributed by atoms with van der Waals surface area (Å²) < 4.78 is 15.8. The van der Waals surface area contributed by atoms with Crippen LogP contribution in [0.5, 0.6) is 17.2 Å². The SMILES string of the molecule is COc1cc(C(=O)NNC(=O)[C@@H]2[C@H](C=C(Cl)Cl)C2(C)C)cc(OC)c1OC. The third kappa shape index (κ3) is 4.42. The number of nitrogens with one attached hydrogen (secondary N) is 2. The summed E-state index contributed by atoms with van der Waals surface area (Å²) in [5.41, 5.74) is 4.77. The summed E-state index contributed by atoms with van der Waals surface area (Å²) in [6, 6.07) is 2.98. The van der Waals surface area contributed by atoms with E-state index in [1.54, 1.807) is 6.08 Å². The first kappa shape index (κ1) is 21.2. The van der Waals surface area contributed by atoms with Crippen LogP contribution in [0.1, 0.15) is 24.2 Å². The Balaban J connectivity index is 2.08. The van der Waals surface area contributed by atoms with E-state index in [0.29, 0.717) is 17.2 Å². The first-order valence-corrected chi connectivity index (χ1v) is 8.86. The standard InChI is InChI=1S/C18H22Cl2N2O5/c1-18(2)10(8-13(19)20)14(18)17(24)22-21-16(23)9-6-11(25-3)15(27-5)12(7-9)26-4/h6-8,10,14H,1-5H3,(H,21,23)(H,22,24)/t10-,14-/m0/s1. The van der Waals surface area contributed by atoms with Gasteiger partial charge in [0.1, 0.15) is 4.49 Å². The molecule has 2 atom stereocenters. The molecule has 0 spiro atoms. The maximum absolute atomic E-state index is 12.4. The number of hydrazine groups is 1. The van der Waals surface area contributed by atoms with Crippen LogP contribution in [0.25, 0.3) is 0 Å². The molecule has 0 aromatic heterocycles. The van der Waals surface area contributed by atoms with Crippen LogP contribution in [-0.4, -0.2) is 33.1 Å². The zero-order chi connectivity index (χ0) is 20.4. The summed E-state index contributed by atoms with van der Waals surface area (Å²) >= 11 is 11.4. The predicted octanol–water partition coefficient (Wildman–Crippen LogP) is 3.06. The molecule has 0 aliphatic heterocycles. The minimum atomic E-state index is -0.525. The van der Waals surface area contributed by atoms with Crippen molar-refractivity contribution in [3.8, 4) is 17.2 Å². The molecular weight excluding hydrogens is 395 g/mol. The molecule has 0 unspecified atom stereocenters. The summed E-state index contributed by atoms with van der Waals surface area (Å²) in [5, 5.41) is 0. The summed E-state index contributed by atoms with van der Waals surface area (Å²) in [6.45, 7) is 3.85. The lowest BCUT2D eigenvalue weighted by molar-refractivity contribution is -0.123. The Morgan fingerprint density at radius 3 is 2.04 bits per heavy atom. The highest BCUT2D eigenvalue weighted by Crippen LogP contribution is 2.59. The number of methoxy groups -OCH3 is 3. The number of hydrogen-bond acceptors (Lipinski definition) is 5. The van der Waals surface area contributed by atoms with Crippen molar-refractivity contribution in [2.75, 3.05) is 21.3 Å². The highest BCUT2D eigenvalue weighted by molar-refractivity contribution is 6.55. The Morgan fingerprint density at radius 1 is 1.04 bits per heavy atom. The summed E-state index contributed by atoms with van der Waals surface area (Å²) in [4.78, 5) is 24.8. The van der Waals surface area contributed by atoms with E-state index in [-0.39, 0.29) is 33.2 Å². The molecule has 1 aromatic carbocycles. The third-order valence-corrected chi connectivity index (χ3v) is 4.98. The summed E-state index contributed by atoms with van der Waals surface area (Å²) in [6.07, 6.45) is 1.63. The van der Waals surface area contributed by atoms with Crippen molar-refractivity contribution in [2.45, 2.75) is 13.8 Å². The van der Waals surface area contributed by atoms with Gasteiger partial charge in [-0.05, 0) is 29.5 Å². The fourth-order valence-corrected chi connectivity index (χ4v) is 3.38. The average Bonchev–Trinajstić information content (AvgIpc) is 3.16.